The van der Waals surface area contributed by atoms with Crippen molar-refractivity contribution in [3.63, 3.8) is 0 Å². The molecule has 0 spiro atoms. The molecule has 0 amide bonds. The molecular formula is C12H13ClFN3. The smallest absolute Gasteiger partial charge is 0.132 e. The minimum Gasteiger partial charge on any atom is -0.342 e. The van der Waals surface area contributed by atoms with E-state index in [9.17, 15) is 4.39 Å². The van der Waals surface area contributed by atoms with Crippen molar-refractivity contribution < 1.29 is 4.39 Å². The lowest BCUT2D eigenvalue weighted by atomic mass is 10.1. The molecule has 0 bridgehead atoms. The lowest BCUT2D eigenvalue weighted by Gasteiger charge is -2.04. The molecule has 0 saturated carbocycles. The standard InChI is InChI=1S/C12H13ClFN3/c1-7(5-15)12-16-6-11(17-12)9-4-8(13)2-3-10(9)14/h2-4,6-7H,5,15H2,1H3,(H,16,17). The van der Waals surface area contributed by atoms with Gasteiger partial charge >= 0.3 is 0 Å². The maximum absolute atomic E-state index is 13.6. The molecule has 5 heteroatoms. The Balaban J connectivity index is 2.40. The number of aromatic amines is 1. The Labute approximate surface area is 104 Å². The molecule has 0 aliphatic heterocycles. The van der Waals surface area contributed by atoms with Crippen molar-refractivity contribution in [2.24, 2.45) is 5.73 Å². The maximum Gasteiger partial charge on any atom is 0.132 e. The van der Waals surface area contributed by atoms with Crippen LogP contribution in [0.15, 0.2) is 24.4 Å². The first-order valence-corrected chi connectivity index (χ1v) is 5.70. The highest BCUT2D eigenvalue weighted by Gasteiger charge is 2.12. The molecule has 0 aliphatic carbocycles. The van der Waals surface area contributed by atoms with Crippen LogP contribution >= 0.6 is 11.6 Å². The Morgan fingerprint density at radius 1 is 1.53 bits per heavy atom. The zero-order valence-corrected chi connectivity index (χ0v) is 10.1. The van der Waals surface area contributed by atoms with Crippen LogP contribution in [-0.4, -0.2) is 16.5 Å². The molecule has 2 aromatic rings. The zero-order valence-electron chi connectivity index (χ0n) is 9.37. The Morgan fingerprint density at radius 3 is 3.00 bits per heavy atom. The molecule has 1 unspecified atom stereocenters. The number of nitrogens with zero attached hydrogens (tertiary/aromatic N) is 1. The molecule has 1 atom stereocenters. The summed E-state index contributed by atoms with van der Waals surface area (Å²) in [6.45, 7) is 2.45. The number of H-pyrrole nitrogens is 1. The third kappa shape index (κ3) is 2.48. The van der Waals surface area contributed by atoms with E-state index in [-0.39, 0.29) is 11.7 Å². The topological polar surface area (TPSA) is 54.7 Å². The van der Waals surface area contributed by atoms with Gasteiger partial charge in [-0.15, -0.1) is 0 Å². The van der Waals surface area contributed by atoms with E-state index in [4.69, 9.17) is 17.3 Å². The fourth-order valence-electron chi connectivity index (χ4n) is 1.54. The van der Waals surface area contributed by atoms with Gasteiger partial charge < -0.3 is 10.7 Å². The van der Waals surface area contributed by atoms with Gasteiger partial charge in [0.05, 0.1) is 11.9 Å². The quantitative estimate of drug-likeness (QED) is 0.884. The summed E-state index contributed by atoms with van der Waals surface area (Å²) in [5.41, 5.74) is 6.58. The average Bonchev–Trinajstić information content (AvgIpc) is 2.80. The summed E-state index contributed by atoms with van der Waals surface area (Å²) in [5, 5.41) is 0.490. The van der Waals surface area contributed by atoms with Gasteiger partial charge in [0.2, 0.25) is 0 Å². The molecule has 0 radical (unpaired) electrons. The lowest BCUT2D eigenvalue weighted by molar-refractivity contribution is 0.630. The van der Waals surface area contributed by atoms with Gasteiger partial charge in [-0.25, -0.2) is 9.37 Å². The molecule has 3 N–H and O–H groups in total. The van der Waals surface area contributed by atoms with Crippen LogP contribution in [-0.2, 0) is 0 Å². The number of nitrogens with two attached hydrogens (primary N) is 1. The van der Waals surface area contributed by atoms with Crippen LogP contribution < -0.4 is 5.73 Å². The fraction of sp³-hybridized carbons (Fsp3) is 0.250. The second-order valence-electron chi connectivity index (χ2n) is 3.94. The molecule has 1 heterocycles. The van der Waals surface area contributed by atoms with E-state index in [2.05, 4.69) is 9.97 Å². The lowest BCUT2D eigenvalue weighted by Crippen LogP contribution is -2.10. The molecule has 90 valence electrons. The Kier molecular flexibility index (Phi) is 3.45. The third-order valence-corrected chi connectivity index (χ3v) is 2.87. The van der Waals surface area contributed by atoms with E-state index in [1.807, 2.05) is 6.92 Å². The molecular weight excluding hydrogens is 241 g/mol. The number of halogens is 2. The molecule has 1 aromatic heterocycles. The monoisotopic (exact) mass is 253 g/mol. The first-order valence-electron chi connectivity index (χ1n) is 5.32. The first-order chi connectivity index (χ1) is 8.11. The highest BCUT2D eigenvalue weighted by molar-refractivity contribution is 6.30. The van der Waals surface area contributed by atoms with Gasteiger partial charge in [0.15, 0.2) is 0 Å². The van der Waals surface area contributed by atoms with Crippen LogP contribution in [0.1, 0.15) is 18.7 Å². The predicted octanol–water partition coefficient (Wildman–Crippen LogP) is 2.93. The number of aromatic nitrogens is 2. The largest absolute Gasteiger partial charge is 0.342 e. The van der Waals surface area contributed by atoms with Gasteiger partial charge in [0.1, 0.15) is 11.6 Å². The van der Waals surface area contributed by atoms with E-state index in [1.165, 1.54) is 12.1 Å². The molecule has 17 heavy (non-hydrogen) atoms. The van der Waals surface area contributed by atoms with Crippen LogP contribution in [0.4, 0.5) is 4.39 Å². The summed E-state index contributed by atoms with van der Waals surface area (Å²) >= 11 is 5.84. The number of benzene rings is 1. The van der Waals surface area contributed by atoms with E-state index in [0.717, 1.165) is 5.82 Å². The SMILES string of the molecule is CC(CN)c1ncc(-c2cc(Cl)ccc2F)[nH]1. The van der Waals surface area contributed by atoms with Crippen LogP contribution in [0.3, 0.4) is 0 Å². The van der Waals surface area contributed by atoms with Crippen molar-refractivity contribution >= 4 is 11.6 Å². The molecule has 1 aromatic carbocycles. The minimum absolute atomic E-state index is 0.117. The Bertz CT molecular complexity index is 524. The number of hydrogen-bond acceptors (Lipinski definition) is 2. The van der Waals surface area contributed by atoms with Gasteiger partial charge in [0.25, 0.3) is 0 Å². The van der Waals surface area contributed by atoms with E-state index >= 15 is 0 Å². The summed E-state index contributed by atoms with van der Waals surface area (Å²) < 4.78 is 13.6. The number of rotatable bonds is 3. The van der Waals surface area contributed by atoms with E-state index < -0.39 is 0 Å². The third-order valence-electron chi connectivity index (χ3n) is 2.63. The van der Waals surface area contributed by atoms with Crippen molar-refractivity contribution in [2.45, 2.75) is 12.8 Å². The molecule has 3 nitrogen and oxygen atoms in total. The minimum atomic E-state index is -0.329. The Morgan fingerprint density at radius 2 is 2.29 bits per heavy atom. The van der Waals surface area contributed by atoms with Gasteiger partial charge in [0, 0.05) is 23.0 Å². The molecule has 2 rings (SSSR count). The normalized spacial score (nSPS) is 12.7. The molecule has 0 saturated heterocycles. The van der Waals surface area contributed by atoms with E-state index in [0.29, 0.717) is 22.8 Å². The second-order valence-corrected chi connectivity index (χ2v) is 4.38. The van der Waals surface area contributed by atoms with Crippen LogP contribution in [0, 0.1) is 5.82 Å². The van der Waals surface area contributed by atoms with Crippen molar-refractivity contribution in [3.05, 3.63) is 41.1 Å². The summed E-state index contributed by atoms with van der Waals surface area (Å²) in [4.78, 5) is 7.25. The Hall–Kier alpha value is -1.39. The van der Waals surface area contributed by atoms with Crippen molar-refractivity contribution in [1.82, 2.24) is 9.97 Å². The first kappa shape index (κ1) is 12.1. The van der Waals surface area contributed by atoms with Crippen LogP contribution in [0.5, 0.6) is 0 Å². The summed E-state index contributed by atoms with van der Waals surface area (Å²) in [6, 6.07) is 4.42. The van der Waals surface area contributed by atoms with Crippen molar-refractivity contribution in [2.75, 3.05) is 6.54 Å². The van der Waals surface area contributed by atoms with Gasteiger partial charge in [-0.1, -0.05) is 18.5 Å². The second kappa shape index (κ2) is 4.85. The highest BCUT2D eigenvalue weighted by atomic mass is 35.5. The average molecular weight is 254 g/mol. The predicted molar refractivity (Wildman–Crippen MR) is 66.5 cm³/mol. The van der Waals surface area contributed by atoms with Crippen molar-refractivity contribution in [1.29, 1.82) is 0 Å². The summed E-state index contributed by atoms with van der Waals surface area (Å²) in [7, 11) is 0. The van der Waals surface area contributed by atoms with Crippen LogP contribution in [0.2, 0.25) is 5.02 Å². The number of nitrogens with one attached hydrogen (secondary N) is 1. The highest BCUT2D eigenvalue weighted by Crippen LogP contribution is 2.25. The molecule has 0 fully saturated rings. The van der Waals surface area contributed by atoms with Crippen molar-refractivity contribution in [3.8, 4) is 11.3 Å². The molecule has 0 aliphatic rings. The zero-order chi connectivity index (χ0) is 12.4. The van der Waals surface area contributed by atoms with Crippen LogP contribution in [0.25, 0.3) is 11.3 Å². The van der Waals surface area contributed by atoms with Gasteiger partial charge in [-0.05, 0) is 18.2 Å². The summed E-state index contributed by atoms with van der Waals surface area (Å²) in [5.74, 6) is 0.540. The number of imidazole rings is 1. The summed E-state index contributed by atoms with van der Waals surface area (Å²) in [6.07, 6.45) is 1.59. The fourth-order valence-corrected chi connectivity index (χ4v) is 1.71. The van der Waals surface area contributed by atoms with Gasteiger partial charge in [-0.3, -0.25) is 0 Å². The van der Waals surface area contributed by atoms with Gasteiger partial charge in [-0.2, -0.15) is 0 Å². The maximum atomic E-state index is 13.6. The van der Waals surface area contributed by atoms with E-state index in [1.54, 1.807) is 12.3 Å². The number of hydrogen-bond donors (Lipinski definition) is 2.